The van der Waals surface area contributed by atoms with Crippen LogP contribution in [0.2, 0.25) is 0 Å². The second-order valence-electron chi connectivity index (χ2n) is 9.43. The number of anilines is 1. The highest BCUT2D eigenvalue weighted by Gasteiger charge is 2.30. The first-order valence-electron chi connectivity index (χ1n) is 12.6. The van der Waals surface area contributed by atoms with Crippen molar-refractivity contribution in [3.63, 3.8) is 0 Å². The summed E-state index contributed by atoms with van der Waals surface area (Å²) >= 11 is 1.39. The molecule has 10 heteroatoms. The molecule has 0 bridgehead atoms. The zero-order chi connectivity index (χ0) is 27.4. The lowest BCUT2D eigenvalue weighted by atomic mass is 10.0. The Kier molecular flexibility index (Phi) is 8.67. The van der Waals surface area contributed by atoms with Gasteiger partial charge in [-0.1, -0.05) is 37.3 Å². The Labute approximate surface area is 228 Å². The van der Waals surface area contributed by atoms with Gasteiger partial charge in [0.25, 0.3) is 5.91 Å². The van der Waals surface area contributed by atoms with E-state index in [0.29, 0.717) is 22.5 Å². The second-order valence-corrected chi connectivity index (χ2v) is 12.4. The number of hydrogen-bond acceptors (Lipinski definition) is 7. The molecule has 0 spiro atoms. The van der Waals surface area contributed by atoms with Crippen LogP contribution in [0.3, 0.4) is 0 Å². The van der Waals surface area contributed by atoms with Crippen molar-refractivity contribution in [3.05, 3.63) is 81.7 Å². The number of hydrogen-bond donors (Lipinski definition) is 1. The van der Waals surface area contributed by atoms with Crippen LogP contribution >= 0.6 is 11.3 Å². The number of amides is 1. The first-order chi connectivity index (χ1) is 18.1. The van der Waals surface area contributed by atoms with Gasteiger partial charge >= 0.3 is 5.97 Å². The minimum absolute atomic E-state index is 0.111. The molecule has 1 N–H and O–H groups in total. The third-order valence-corrected chi connectivity index (χ3v) is 9.85. The van der Waals surface area contributed by atoms with E-state index in [2.05, 4.69) is 17.1 Å². The van der Waals surface area contributed by atoms with Crippen molar-refractivity contribution in [2.75, 3.05) is 25.5 Å². The maximum atomic E-state index is 13.4. The molecule has 1 aromatic heterocycles. The fourth-order valence-electron chi connectivity index (χ4n) is 4.53. The number of esters is 1. The largest absolute Gasteiger partial charge is 0.465 e. The number of carbonyl (C=O) groups excluding carboxylic acids is 2. The van der Waals surface area contributed by atoms with E-state index in [-0.39, 0.29) is 17.5 Å². The number of likely N-dealkylation sites (N-methyl/N-ethyl adjacent to an activating group) is 1. The van der Waals surface area contributed by atoms with E-state index in [4.69, 9.17) is 4.74 Å². The molecule has 1 aliphatic rings. The molecular formula is C28H33N3O5S2. The van der Waals surface area contributed by atoms with Gasteiger partial charge in [-0.15, -0.1) is 11.3 Å². The van der Waals surface area contributed by atoms with Crippen molar-refractivity contribution in [1.82, 2.24) is 9.21 Å². The van der Waals surface area contributed by atoms with Crippen molar-refractivity contribution in [3.8, 4) is 0 Å². The number of benzene rings is 2. The zero-order valence-corrected chi connectivity index (χ0v) is 23.7. The van der Waals surface area contributed by atoms with E-state index in [9.17, 15) is 18.0 Å². The van der Waals surface area contributed by atoms with Gasteiger partial charge in [0.2, 0.25) is 10.0 Å². The molecule has 0 atom stereocenters. The average molecular weight is 556 g/mol. The van der Waals surface area contributed by atoms with Crippen LogP contribution < -0.4 is 5.32 Å². The topological polar surface area (TPSA) is 96.0 Å². The lowest BCUT2D eigenvalue weighted by Crippen LogP contribution is -2.36. The predicted octanol–water partition coefficient (Wildman–Crippen LogP) is 4.76. The summed E-state index contributed by atoms with van der Waals surface area (Å²) in [6.45, 7) is 8.47. The highest BCUT2D eigenvalue weighted by atomic mass is 32.2. The number of ether oxygens (including phenoxy) is 1. The molecule has 38 heavy (non-hydrogen) atoms. The molecule has 0 unspecified atom stereocenters. The summed E-state index contributed by atoms with van der Waals surface area (Å²) in [7, 11) is -2.46. The normalized spacial score (nSPS) is 13.9. The summed E-state index contributed by atoms with van der Waals surface area (Å²) in [5, 5.41) is 3.32. The van der Waals surface area contributed by atoms with E-state index in [0.717, 1.165) is 35.6 Å². The highest BCUT2D eigenvalue weighted by molar-refractivity contribution is 7.89. The number of nitrogens with zero attached hydrogens (tertiary/aromatic N) is 2. The summed E-state index contributed by atoms with van der Waals surface area (Å²) in [5.41, 5.74) is 2.52. The molecule has 8 nitrogen and oxygen atoms in total. The third kappa shape index (κ3) is 5.83. The summed E-state index contributed by atoms with van der Waals surface area (Å²) in [6, 6.07) is 15.1. The Morgan fingerprint density at radius 1 is 1.11 bits per heavy atom. The van der Waals surface area contributed by atoms with Crippen LogP contribution in [-0.4, -0.2) is 55.7 Å². The summed E-state index contributed by atoms with van der Waals surface area (Å²) in [6.07, 6.45) is 0.710. The molecular weight excluding hydrogens is 522 g/mol. The maximum Gasteiger partial charge on any atom is 0.341 e. The van der Waals surface area contributed by atoms with E-state index in [1.54, 1.807) is 0 Å². The summed E-state index contributed by atoms with van der Waals surface area (Å²) in [5.74, 6) is -0.897. The Morgan fingerprint density at radius 3 is 2.39 bits per heavy atom. The first-order valence-corrected chi connectivity index (χ1v) is 14.8. The minimum Gasteiger partial charge on any atom is -0.465 e. The molecule has 1 amide bonds. The van der Waals surface area contributed by atoms with E-state index in [1.807, 2.05) is 44.2 Å². The van der Waals surface area contributed by atoms with Crippen LogP contribution in [0.15, 0.2) is 59.5 Å². The van der Waals surface area contributed by atoms with E-state index >= 15 is 0 Å². The number of rotatable bonds is 9. The van der Waals surface area contributed by atoms with Crippen LogP contribution in [0.1, 0.15) is 57.5 Å². The number of nitrogens with one attached hydrogen (secondary N) is 1. The zero-order valence-electron chi connectivity index (χ0n) is 22.1. The Morgan fingerprint density at radius 2 is 1.79 bits per heavy atom. The summed E-state index contributed by atoms with van der Waals surface area (Å²) < 4.78 is 33.3. The fraction of sp³-hybridized carbons (Fsp3) is 0.357. The smallest absolute Gasteiger partial charge is 0.341 e. The number of thiophene rings is 1. The Bertz CT molecular complexity index is 1400. The number of fused-ring (bicyclic) bond motifs is 1. The SMILES string of the molecule is CCN1CCc2c(sc(NC(=O)c3ccc(S(=O)(=O)N(Cc4ccccc4)C(C)C)cc3)c2C(=O)OC)C1. The molecule has 3 aromatic rings. The highest BCUT2D eigenvalue weighted by Crippen LogP contribution is 2.38. The maximum absolute atomic E-state index is 13.4. The van der Waals surface area contributed by atoms with Gasteiger partial charge in [-0.2, -0.15) is 4.31 Å². The Balaban J connectivity index is 1.56. The second kappa shape index (κ2) is 11.8. The molecule has 0 fully saturated rings. The van der Waals surface area contributed by atoms with E-state index in [1.165, 1.54) is 47.0 Å². The quantitative estimate of drug-likeness (QED) is 0.383. The van der Waals surface area contributed by atoms with Gasteiger partial charge in [0.1, 0.15) is 5.00 Å². The number of carbonyl (C=O) groups is 2. The molecule has 1 aliphatic heterocycles. The molecule has 0 saturated carbocycles. The van der Waals surface area contributed by atoms with Crippen molar-refractivity contribution < 1.29 is 22.7 Å². The lowest BCUT2D eigenvalue weighted by Gasteiger charge is -2.26. The predicted molar refractivity (Wildman–Crippen MR) is 149 cm³/mol. The molecule has 0 aliphatic carbocycles. The molecule has 4 rings (SSSR count). The van der Waals surface area contributed by atoms with Crippen LogP contribution in [0.4, 0.5) is 5.00 Å². The molecule has 2 aromatic carbocycles. The van der Waals surface area contributed by atoms with Gasteiger partial charge in [-0.3, -0.25) is 9.69 Å². The van der Waals surface area contributed by atoms with Crippen molar-refractivity contribution in [2.45, 2.75) is 51.2 Å². The monoisotopic (exact) mass is 555 g/mol. The van der Waals surface area contributed by atoms with Gasteiger partial charge in [-0.25, -0.2) is 13.2 Å². The number of sulfonamides is 1. The van der Waals surface area contributed by atoms with Crippen molar-refractivity contribution in [1.29, 1.82) is 0 Å². The van der Waals surface area contributed by atoms with Gasteiger partial charge < -0.3 is 10.1 Å². The number of methoxy groups -OCH3 is 1. The average Bonchev–Trinajstić information content (AvgIpc) is 3.28. The summed E-state index contributed by atoms with van der Waals surface area (Å²) in [4.78, 5) is 29.2. The van der Waals surface area contributed by atoms with Gasteiger partial charge in [0, 0.05) is 36.1 Å². The Hall–Kier alpha value is -3.05. The van der Waals surface area contributed by atoms with Crippen LogP contribution in [0, 0.1) is 0 Å². The molecule has 0 saturated heterocycles. The van der Waals surface area contributed by atoms with E-state index < -0.39 is 21.9 Å². The standard InChI is InChI=1S/C28H33N3O5S2/c1-5-30-16-15-23-24(18-30)37-27(25(23)28(33)36-4)29-26(32)21-11-13-22(14-12-21)38(34,35)31(19(2)3)17-20-9-7-6-8-10-20/h6-14,19H,5,15-18H2,1-4H3,(H,29,32). The fourth-order valence-corrected chi connectivity index (χ4v) is 7.43. The first kappa shape index (κ1) is 28.0. The van der Waals surface area contributed by atoms with Gasteiger partial charge in [0.05, 0.1) is 17.6 Å². The van der Waals surface area contributed by atoms with Crippen LogP contribution in [0.5, 0.6) is 0 Å². The molecule has 2 heterocycles. The van der Waals surface area contributed by atoms with Crippen LogP contribution in [0.25, 0.3) is 0 Å². The third-order valence-electron chi connectivity index (χ3n) is 6.68. The molecule has 0 radical (unpaired) electrons. The van der Waals surface area contributed by atoms with Crippen molar-refractivity contribution in [2.24, 2.45) is 0 Å². The molecule has 202 valence electrons. The lowest BCUT2D eigenvalue weighted by molar-refractivity contribution is 0.0600. The van der Waals surface area contributed by atoms with Crippen LogP contribution in [-0.2, 0) is 34.3 Å². The minimum atomic E-state index is -3.79. The van der Waals surface area contributed by atoms with Gasteiger partial charge in [-0.05, 0) is 62.2 Å². The van der Waals surface area contributed by atoms with Crippen molar-refractivity contribution >= 4 is 38.2 Å². The van der Waals surface area contributed by atoms with Gasteiger partial charge in [0.15, 0.2) is 0 Å².